The van der Waals surface area contributed by atoms with Crippen LogP contribution in [0.4, 0.5) is 34.3 Å². The predicted molar refractivity (Wildman–Crippen MR) is 258 cm³/mol. The van der Waals surface area contributed by atoms with E-state index in [1.807, 2.05) is 24.3 Å². The van der Waals surface area contributed by atoms with Gasteiger partial charge in [-0.15, -0.1) is 0 Å². The van der Waals surface area contributed by atoms with Gasteiger partial charge in [0.2, 0.25) is 5.88 Å². The highest BCUT2D eigenvalue weighted by Gasteiger charge is 2.58. The zero-order valence-electron chi connectivity index (χ0n) is 41.4. The summed E-state index contributed by atoms with van der Waals surface area (Å²) in [5.41, 5.74) is 14.2. The molecule has 0 saturated heterocycles. The van der Waals surface area contributed by atoms with Crippen LogP contribution in [0.1, 0.15) is 97.2 Å². The summed E-state index contributed by atoms with van der Waals surface area (Å²) < 4.78 is 57.9. The van der Waals surface area contributed by atoms with Crippen molar-refractivity contribution in [3.05, 3.63) is 150 Å². The highest BCUT2D eigenvalue weighted by atomic mass is 16.4. The minimum Gasteiger partial charge on any atom is -0.468 e. The summed E-state index contributed by atoms with van der Waals surface area (Å²) in [6, 6.07) is 35.6. The van der Waals surface area contributed by atoms with E-state index in [1.165, 1.54) is 48.8 Å². The molecule has 2 unspecified atom stereocenters. The van der Waals surface area contributed by atoms with Gasteiger partial charge in [0, 0.05) is 39.0 Å². The van der Waals surface area contributed by atoms with Crippen LogP contribution in [0.3, 0.4) is 0 Å². The highest BCUT2D eigenvalue weighted by molar-refractivity contribution is 7.01. The lowest BCUT2D eigenvalue weighted by molar-refractivity contribution is 0.229. The van der Waals surface area contributed by atoms with E-state index in [1.54, 1.807) is 0 Å². The molecule has 2 atom stereocenters. The number of benzene rings is 6. The molecule has 4 fully saturated rings. The van der Waals surface area contributed by atoms with E-state index in [4.69, 9.17) is 15.7 Å². The third-order valence-electron chi connectivity index (χ3n) is 15.5. The van der Waals surface area contributed by atoms with Crippen LogP contribution >= 0.6 is 0 Å². The fourth-order valence-electron chi connectivity index (χ4n) is 12.7. The first-order valence-electron chi connectivity index (χ1n) is 25.1. The van der Waals surface area contributed by atoms with Gasteiger partial charge in [0.25, 0.3) is 0 Å². The third kappa shape index (κ3) is 5.20. The van der Waals surface area contributed by atoms with Crippen molar-refractivity contribution in [2.45, 2.75) is 89.9 Å². The normalized spacial score (nSPS) is 23.3. The number of fused-ring (bicyclic) bond motifs is 8. The standard InChI is InChI=1S/C57H53BN2O2/c1-55(2,3)39-17-21-42(22-18-39)59-46-29-41(57-31-34-26-37(32-57)38(27-34)33-57)30-47-51(46)58(53-52(59)45-28-36(16-25-49(45)61-53)35-12-8-7-9-13-35)50-44-14-10-11-15-48(44)62-54(50)60(47)43-23-19-40(20-24-43)56(4,5)6/h7-25,28-30,34,37-38H,26-27,31-33H2,1-6H3/i7D,8D,9D,12D,13D. The molecule has 306 valence electrons. The Balaban J connectivity index is 1.14. The molecule has 6 aromatic carbocycles. The average Bonchev–Trinajstić information content (AvgIpc) is 4.03. The summed E-state index contributed by atoms with van der Waals surface area (Å²) >= 11 is 0. The van der Waals surface area contributed by atoms with Gasteiger partial charge in [-0.2, -0.15) is 0 Å². The summed E-state index contributed by atoms with van der Waals surface area (Å²) in [6.07, 6.45) is 6.35. The van der Waals surface area contributed by atoms with Crippen LogP contribution in [0, 0.1) is 17.8 Å². The van der Waals surface area contributed by atoms with Crippen LogP contribution in [0.15, 0.2) is 142 Å². The molecule has 4 saturated carbocycles. The van der Waals surface area contributed by atoms with E-state index in [0.29, 0.717) is 11.1 Å². The number of hydrogen-bond acceptors (Lipinski definition) is 4. The first-order chi connectivity index (χ1) is 32.0. The monoisotopic (exact) mass is 813 g/mol. The van der Waals surface area contributed by atoms with Gasteiger partial charge in [0.05, 0.1) is 18.2 Å². The number of furan rings is 2. The summed E-state index contributed by atoms with van der Waals surface area (Å²) in [7, 11) is 0. The van der Waals surface area contributed by atoms with E-state index < -0.39 is 6.04 Å². The molecule has 0 spiro atoms. The van der Waals surface area contributed by atoms with Gasteiger partial charge in [-0.1, -0.05) is 120 Å². The van der Waals surface area contributed by atoms with Crippen LogP contribution < -0.4 is 26.4 Å². The molecule has 14 rings (SSSR count). The SMILES string of the molecule is [2H]c1c([2H])c([2H])c(-c2ccc3oc4c(c3c2)N(c2ccc(C(C)(C)C)cc2)c2cc(C35CC6CC(C3)C(C6)C5)cc3c2B4c2c(oc4ccccc24)N3c2ccc(C(C)(C)C)cc2)c([2H])c1[2H]. The van der Waals surface area contributed by atoms with Crippen LogP contribution in [0.25, 0.3) is 33.1 Å². The van der Waals surface area contributed by atoms with Crippen LogP contribution in [0.5, 0.6) is 0 Å². The molecule has 5 heteroatoms. The molecule has 0 amide bonds. The maximum Gasteiger partial charge on any atom is 0.302 e. The summed E-state index contributed by atoms with van der Waals surface area (Å²) in [5.74, 6) is 3.08. The molecule has 4 nitrogen and oxygen atoms in total. The number of para-hydroxylation sites is 1. The number of nitrogens with zero attached hydrogens (tertiary/aromatic N) is 2. The van der Waals surface area contributed by atoms with Crippen molar-refractivity contribution in [2.75, 3.05) is 9.80 Å². The molecular formula is C57H53BN2O2. The Morgan fingerprint density at radius 2 is 1.23 bits per heavy atom. The number of rotatable bonds is 4. The van der Waals surface area contributed by atoms with E-state index in [0.717, 1.165) is 85.0 Å². The van der Waals surface area contributed by atoms with E-state index in [2.05, 4.69) is 130 Å². The number of anilines is 6. The smallest absolute Gasteiger partial charge is 0.302 e. The molecule has 4 bridgehead atoms. The quantitative estimate of drug-likeness (QED) is 0.166. The molecule has 0 N–H and O–H groups in total. The average molecular weight is 814 g/mol. The topological polar surface area (TPSA) is 32.8 Å². The molecular weight excluding hydrogens is 755 g/mol. The molecule has 62 heavy (non-hydrogen) atoms. The van der Waals surface area contributed by atoms with Crippen molar-refractivity contribution in [3.8, 4) is 11.1 Å². The van der Waals surface area contributed by atoms with Crippen molar-refractivity contribution in [1.82, 2.24) is 0 Å². The van der Waals surface area contributed by atoms with Gasteiger partial charge in [0.1, 0.15) is 11.2 Å². The highest BCUT2D eigenvalue weighted by Crippen LogP contribution is 2.65. The second kappa shape index (κ2) is 12.6. The molecule has 2 aromatic heterocycles. The predicted octanol–water partition coefficient (Wildman–Crippen LogP) is 13.6. The van der Waals surface area contributed by atoms with Gasteiger partial charge in [0.15, 0.2) is 0 Å². The minimum absolute atomic E-state index is 0.0156. The Labute approximate surface area is 372 Å². The van der Waals surface area contributed by atoms with Crippen LogP contribution in [-0.2, 0) is 16.2 Å². The number of hydrogen-bond donors (Lipinski definition) is 0. The van der Waals surface area contributed by atoms with Crippen molar-refractivity contribution >= 4 is 79.6 Å². The Bertz CT molecular complexity index is 3370. The fourth-order valence-corrected chi connectivity index (χ4v) is 12.7. The summed E-state index contributed by atoms with van der Waals surface area (Å²) in [4.78, 5) is 4.80. The van der Waals surface area contributed by atoms with Crippen LogP contribution in [-0.4, -0.2) is 6.71 Å². The first-order valence-corrected chi connectivity index (χ1v) is 22.6. The van der Waals surface area contributed by atoms with Gasteiger partial charge < -0.3 is 13.7 Å². The van der Waals surface area contributed by atoms with Crippen molar-refractivity contribution in [2.24, 2.45) is 17.8 Å². The van der Waals surface area contributed by atoms with E-state index >= 15 is 0 Å². The van der Waals surface area contributed by atoms with Crippen molar-refractivity contribution in [1.29, 1.82) is 0 Å². The maximum atomic E-state index is 9.00. The van der Waals surface area contributed by atoms with Crippen LogP contribution in [0.2, 0.25) is 0 Å². The molecule has 4 heterocycles. The Morgan fingerprint density at radius 3 is 1.87 bits per heavy atom. The van der Waals surface area contributed by atoms with Gasteiger partial charge in [-0.3, -0.25) is 4.90 Å². The lowest BCUT2D eigenvalue weighted by Crippen LogP contribution is -2.60. The first kappa shape index (κ1) is 31.8. The van der Waals surface area contributed by atoms with E-state index in [9.17, 15) is 0 Å². The fraction of sp³-hybridized carbons (Fsp3) is 0.298. The summed E-state index contributed by atoms with van der Waals surface area (Å²) in [6.45, 7) is 13.2. The van der Waals surface area contributed by atoms with Gasteiger partial charge in [-0.25, -0.2) is 0 Å². The summed E-state index contributed by atoms with van der Waals surface area (Å²) in [5, 5.41) is 1.84. The van der Waals surface area contributed by atoms with Crippen molar-refractivity contribution in [3.63, 3.8) is 0 Å². The zero-order chi connectivity index (χ0) is 46.2. The molecule has 2 aliphatic heterocycles. The second-order valence-corrected chi connectivity index (χ2v) is 21.2. The Hall–Kier alpha value is -5.94. The Kier molecular flexibility index (Phi) is 6.47. The maximum absolute atomic E-state index is 9.00. The minimum atomic E-state index is -0.406. The van der Waals surface area contributed by atoms with Gasteiger partial charge >= 0.3 is 6.71 Å². The van der Waals surface area contributed by atoms with E-state index in [-0.39, 0.29) is 52.7 Å². The van der Waals surface area contributed by atoms with Crippen molar-refractivity contribution < 1.29 is 15.7 Å². The molecule has 4 aliphatic carbocycles. The zero-order valence-corrected chi connectivity index (χ0v) is 36.4. The van der Waals surface area contributed by atoms with Gasteiger partial charge in [-0.05, 0) is 154 Å². The molecule has 0 radical (unpaired) electrons. The molecule has 8 aromatic rings. The largest absolute Gasteiger partial charge is 0.468 e. The molecule has 6 aliphatic rings. The second-order valence-electron chi connectivity index (χ2n) is 21.2. The lowest BCUT2D eigenvalue weighted by Gasteiger charge is -2.44. The lowest BCUT2D eigenvalue weighted by atomic mass is 9.35. The Morgan fingerprint density at radius 1 is 0.613 bits per heavy atom. The third-order valence-corrected chi connectivity index (χ3v) is 15.5.